The number of aromatic nitrogens is 4. The highest BCUT2D eigenvalue weighted by atomic mass is 16.5. The molecule has 0 saturated carbocycles. The standard InChI is InChI=1S/C39H44N8O6/c1-22(2)34(45-39(51)53-4)37(49)47-18-6-8-32(47)36-42-28-16-14-26(20-30(28)44-36)24-11-9-23(10-12-24)25-13-15-27-29(19-25)43-35(41-27)31-7-5-17-46(31)33(48)21-40-38(50)52-3/h9-16,19-20,22,31-32,34H,5-8,17-18,21H2,1-4H3,(H,40,50)(H,41,43)(H,42,44)(H,45,51)/t31-,32-,34?/m0/s1. The molecule has 0 bridgehead atoms. The monoisotopic (exact) mass is 720 g/mol. The molecule has 2 aliphatic rings. The molecule has 4 N–H and O–H groups in total. The van der Waals surface area contributed by atoms with Crippen molar-refractivity contribution in [2.24, 2.45) is 5.92 Å². The normalized spacial score (nSPS) is 17.8. The third-order valence-corrected chi connectivity index (χ3v) is 10.3. The molecule has 1 unspecified atom stereocenters. The van der Waals surface area contributed by atoms with Crippen LogP contribution in [0.15, 0.2) is 60.7 Å². The fourth-order valence-electron chi connectivity index (χ4n) is 7.45. The van der Waals surface area contributed by atoms with Crippen LogP contribution in [-0.4, -0.2) is 93.6 Å². The number of imidazole rings is 2. The highest BCUT2D eigenvalue weighted by molar-refractivity contribution is 5.88. The topological polar surface area (TPSA) is 175 Å². The molecule has 7 rings (SSSR count). The molecule has 4 amide bonds. The molecule has 4 heterocycles. The zero-order chi connectivity index (χ0) is 37.2. The number of amides is 4. The number of nitrogens with one attached hydrogen (secondary N) is 4. The number of methoxy groups -OCH3 is 2. The van der Waals surface area contributed by atoms with Crippen LogP contribution in [-0.2, 0) is 19.1 Å². The summed E-state index contributed by atoms with van der Waals surface area (Å²) in [4.78, 5) is 70.0. The summed E-state index contributed by atoms with van der Waals surface area (Å²) in [6.45, 7) is 4.88. The van der Waals surface area contributed by atoms with Crippen LogP contribution in [0.2, 0.25) is 0 Å². The number of alkyl carbamates (subject to hydrolysis) is 2. The Bertz CT molecular complexity index is 2160. The smallest absolute Gasteiger partial charge is 0.407 e. The number of fused-ring (bicyclic) bond motifs is 2. The summed E-state index contributed by atoms with van der Waals surface area (Å²) in [7, 11) is 2.56. The van der Waals surface area contributed by atoms with Gasteiger partial charge in [-0.15, -0.1) is 0 Å². The highest BCUT2D eigenvalue weighted by Crippen LogP contribution is 2.35. The average molecular weight is 721 g/mol. The maximum absolute atomic E-state index is 13.6. The highest BCUT2D eigenvalue weighted by Gasteiger charge is 2.38. The lowest BCUT2D eigenvalue weighted by Gasteiger charge is -2.29. The summed E-state index contributed by atoms with van der Waals surface area (Å²) < 4.78 is 9.35. The summed E-state index contributed by atoms with van der Waals surface area (Å²) in [5.74, 6) is 1.05. The second-order valence-electron chi connectivity index (χ2n) is 13.9. The predicted molar refractivity (Wildman–Crippen MR) is 199 cm³/mol. The molecule has 0 aliphatic carbocycles. The Morgan fingerprint density at radius 2 is 1.23 bits per heavy atom. The second kappa shape index (κ2) is 15.0. The maximum atomic E-state index is 13.6. The fraction of sp³-hybridized carbons (Fsp3) is 0.385. The summed E-state index contributed by atoms with van der Waals surface area (Å²) >= 11 is 0. The van der Waals surface area contributed by atoms with Crippen LogP contribution in [0.25, 0.3) is 44.3 Å². The van der Waals surface area contributed by atoms with Crippen LogP contribution in [0.5, 0.6) is 0 Å². The van der Waals surface area contributed by atoms with Gasteiger partial charge in [-0.3, -0.25) is 9.59 Å². The molecule has 14 heteroatoms. The minimum atomic E-state index is -0.690. The minimum absolute atomic E-state index is 0.106. The van der Waals surface area contributed by atoms with Crippen molar-refractivity contribution in [3.63, 3.8) is 0 Å². The molecule has 3 atom stereocenters. The van der Waals surface area contributed by atoms with Gasteiger partial charge in [0.2, 0.25) is 11.8 Å². The van der Waals surface area contributed by atoms with Gasteiger partial charge in [0.15, 0.2) is 0 Å². The Hall–Kier alpha value is -5.92. The number of ether oxygens (including phenoxy) is 2. The van der Waals surface area contributed by atoms with E-state index in [0.29, 0.717) is 13.1 Å². The second-order valence-corrected chi connectivity index (χ2v) is 13.9. The van der Waals surface area contributed by atoms with Crippen molar-refractivity contribution in [2.75, 3.05) is 33.9 Å². The molecular formula is C39H44N8O6. The zero-order valence-electron chi connectivity index (χ0n) is 30.3. The van der Waals surface area contributed by atoms with Gasteiger partial charge in [-0.05, 0) is 78.1 Å². The van der Waals surface area contributed by atoms with E-state index in [9.17, 15) is 19.2 Å². The molecule has 14 nitrogen and oxygen atoms in total. The van der Waals surface area contributed by atoms with Crippen LogP contribution in [0, 0.1) is 5.92 Å². The van der Waals surface area contributed by atoms with Crippen molar-refractivity contribution in [3.8, 4) is 22.3 Å². The van der Waals surface area contributed by atoms with E-state index in [1.807, 2.05) is 36.9 Å². The number of benzene rings is 3. The van der Waals surface area contributed by atoms with E-state index in [1.54, 1.807) is 4.90 Å². The Kier molecular flexibility index (Phi) is 10.0. The number of hydrogen-bond donors (Lipinski definition) is 4. The van der Waals surface area contributed by atoms with Crippen molar-refractivity contribution < 1.29 is 28.7 Å². The van der Waals surface area contributed by atoms with Gasteiger partial charge in [0.05, 0.1) is 48.4 Å². The van der Waals surface area contributed by atoms with Crippen molar-refractivity contribution in [1.29, 1.82) is 0 Å². The maximum Gasteiger partial charge on any atom is 0.407 e. The van der Waals surface area contributed by atoms with Gasteiger partial charge in [-0.2, -0.15) is 0 Å². The molecule has 0 spiro atoms. The molecule has 5 aromatic rings. The zero-order valence-corrected chi connectivity index (χ0v) is 30.3. The number of aromatic amines is 2. The van der Waals surface area contributed by atoms with E-state index >= 15 is 0 Å². The number of carbonyl (C=O) groups excluding carboxylic acids is 4. The first-order chi connectivity index (χ1) is 25.6. The van der Waals surface area contributed by atoms with Gasteiger partial charge < -0.3 is 39.9 Å². The van der Waals surface area contributed by atoms with Crippen molar-refractivity contribution >= 4 is 46.1 Å². The van der Waals surface area contributed by atoms with Crippen molar-refractivity contribution in [3.05, 3.63) is 72.3 Å². The molecule has 276 valence electrons. The summed E-state index contributed by atoms with van der Waals surface area (Å²) in [5, 5.41) is 5.17. The lowest BCUT2D eigenvalue weighted by molar-refractivity contribution is -0.135. The molecule has 2 saturated heterocycles. The Morgan fingerprint density at radius 1 is 0.736 bits per heavy atom. The molecule has 53 heavy (non-hydrogen) atoms. The fourth-order valence-corrected chi connectivity index (χ4v) is 7.45. The largest absolute Gasteiger partial charge is 0.453 e. The summed E-state index contributed by atoms with van der Waals surface area (Å²) in [6.07, 6.45) is 2.01. The average Bonchev–Trinajstić information content (AvgIpc) is 4.00. The van der Waals surface area contributed by atoms with Crippen molar-refractivity contribution in [2.45, 2.75) is 57.7 Å². The van der Waals surface area contributed by atoms with Gasteiger partial charge in [-0.25, -0.2) is 19.6 Å². The van der Waals surface area contributed by atoms with Gasteiger partial charge in [-0.1, -0.05) is 50.2 Å². The molecule has 2 aliphatic heterocycles. The van der Waals surface area contributed by atoms with Crippen LogP contribution in [0.3, 0.4) is 0 Å². The van der Waals surface area contributed by atoms with Crippen LogP contribution >= 0.6 is 0 Å². The lowest BCUT2D eigenvalue weighted by Crippen LogP contribution is -2.51. The van der Waals surface area contributed by atoms with E-state index in [2.05, 4.69) is 67.8 Å². The van der Waals surface area contributed by atoms with Gasteiger partial charge in [0, 0.05) is 13.1 Å². The lowest BCUT2D eigenvalue weighted by atomic mass is 10.00. The minimum Gasteiger partial charge on any atom is -0.453 e. The van der Waals surface area contributed by atoms with E-state index in [1.165, 1.54) is 14.2 Å². The SMILES string of the molecule is COC(=O)NCC(=O)N1CCC[C@H]1c1nc2ccc(-c3ccc(-c4ccc5nc([C@@H]6CCCN6C(=O)C(NC(=O)OC)C(C)C)[nH]c5c4)cc3)cc2[nH]1. The van der Waals surface area contributed by atoms with Gasteiger partial charge in [0.1, 0.15) is 24.2 Å². The Labute approximate surface area is 306 Å². The number of nitrogens with zero attached hydrogens (tertiary/aromatic N) is 4. The quantitative estimate of drug-likeness (QED) is 0.147. The molecule has 2 fully saturated rings. The van der Waals surface area contributed by atoms with Crippen LogP contribution in [0.4, 0.5) is 9.59 Å². The third kappa shape index (κ3) is 7.26. The van der Waals surface area contributed by atoms with E-state index < -0.39 is 18.2 Å². The first-order valence-corrected chi connectivity index (χ1v) is 18.0. The number of likely N-dealkylation sites (tertiary alicyclic amines) is 2. The number of carbonyl (C=O) groups is 4. The predicted octanol–water partition coefficient (Wildman–Crippen LogP) is 5.84. The van der Waals surface area contributed by atoms with Crippen molar-refractivity contribution in [1.82, 2.24) is 40.4 Å². The Morgan fingerprint density at radius 3 is 1.74 bits per heavy atom. The number of rotatable bonds is 9. The third-order valence-electron chi connectivity index (χ3n) is 10.3. The van der Waals surface area contributed by atoms with E-state index in [-0.39, 0.29) is 36.4 Å². The molecule has 2 aromatic heterocycles. The molecular weight excluding hydrogens is 676 g/mol. The molecule has 0 radical (unpaired) electrons. The van der Waals surface area contributed by atoms with Gasteiger partial charge >= 0.3 is 12.2 Å². The van der Waals surface area contributed by atoms with Crippen LogP contribution < -0.4 is 10.6 Å². The summed E-state index contributed by atoms with van der Waals surface area (Å²) in [5.41, 5.74) is 7.59. The number of H-pyrrole nitrogens is 2. The van der Waals surface area contributed by atoms with E-state index in [0.717, 1.165) is 81.7 Å². The summed E-state index contributed by atoms with van der Waals surface area (Å²) in [6, 6.07) is 19.5. The van der Waals surface area contributed by atoms with E-state index in [4.69, 9.17) is 14.7 Å². The van der Waals surface area contributed by atoms with Crippen LogP contribution in [0.1, 0.15) is 63.3 Å². The first kappa shape index (κ1) is 35.5. The molecule has 3 aromatic carbocycles. The first-order valence-electron chi connectivity index (χ1n) is 18.0. The van der Waals surface area contributed by atoms with Gasteiger partial charge in [0.25, 0.3) is 0 Å². The Balaban J connectivity index is 1.06. The number of hydrogen-bond acceptors (Lipinski definition) is 8.